The van der Waals surface area contributed by atoms with E-state index in [4.69, 9.17) is 16.3 Å². The van der Waals surface area contributed by atoms with Gasteiger partial charge in [0, 0.05) is 63.3 Å². The molecule has 0 saturated carbocycles. The molecule has 18 heteroatoms. The molecule has 0 radical (unpaired) electrons. The Bertz CT molecular complexity index is 1880. The number of nitrogens with one attached hydrogen (secondary N) is 2. The number of aromatic nitrogens is 6. The number of benzene rings is 1. The summed E-state index contributed by atoms with van der Waals surface area (Å²) >= 11 is 6.48. The van der Waals surface area contributed by atoms with Crippen LogP contribution < -0.4 is 15.4 Å². The number of alkyl halides is 3. The second-order valence-corrected chi connectivity index (χ2v) is 12.0. The standard InChI is InChI=1S/C31H32ClF3N10O4/c1-42-23(21-17-45(41-25(21)31(33,34)35)30-37-10-7-24(40-30)49-2)16-38-26(42)27(46)39-19-3-4-20(22(32)15-19)29(48)44-13-11-43(12-14-44)28(47)18-5-8-36-9-6-18/h3-4,7,10,15-18,36H,5-6,8-9,11-14H2,1-2H3,(H,39,46). The molecule has 2 saturated heterocycles. The maximum Gasteiger partial charge on any atom is 0.435 e. The first kappa shape index (κ1) is 33.9. The van der Waals surface area contributed by atoms with Crippen LogP contribution in [-0.4, -0.2) is 103 Å². The molecule has 14 nitrogen and oxygen atoms in total. The minimum absolute atomic E-state index is 0.00855. The van der Waals surface area contributed by atoms with Crippen molar-refractivity contribution in [2.45, 2.75) is 19.0 Å². The van der Waals surface area contributed by atoms with Crippen molar-refractivity contribution in [2.24, 2.45) is 13.0 Å². The highest BCUT2D eigenvalue weighted by molar-refractivity contribution is 6.34. The smallest absolute Gasteiger partial charge is 0.435 e. The lowest BCUT2D eigenvalue weighted by molar-refractivity contribution is -0.141. The Labute approximate surface area is 283 Å². The largest absolute Gasteiger partial charge is 0.481 e. The fourth-order valence-corrected chi connectivity index (χ4v) is 6.14. The number of piperidine rings is 1. The number of anilines is 1. The summed E-state index contributed by atoms with van der Waals surface area (Å²) in [5.74, 6) is -1.10. The second kappa shape index (κ2) is 13.8. The summed E-state index contributed by atoms with van der Waals surface area (Å²) in [6, 6.07) is 5.83. The first-order valence-electron chi connectivity index (χ1n) is 15.4. The molecule has 0 unspecified atom stereocenters. The normalized spacial score (nSPS) is 15.7. The van der Waals surface area contributed by atoms with Crippen LogP contribution in [0, 0.1) is 5.92 Å². The predicted octanol–water partition coefficient (Wildman–Crippen LogP) is 3.28. The van der Waals surface area contributed by atoms with Crippen molar-refractivity contribution in [3.8, 4) is 23.1 Å². The van der Waals surface area contributed by atoms with Gasteiger partial charge in [0.05, 0.1) is 35.2 Å². The van der Waals surface area contributed by atoms with Crippen molar-refractivity contribution in [1.29, 1.82) is 0 Å². The first-order valence-corrected chi connectivity index (χ1v) is 15.8. The summed E-state index contributed by atoms with van der Waals surface area (Å²) in [6.45, 7) is 3.26. The van der Waals surface area contributed by atoms with Gasteiger partial charge in [0.15, 0.2) is 11.5 Å². The molecule has 2 aliphatic rings. The fraction of sp³-hybridized carbons (Fsp3) is 0.387. The average molecular weight is 701 g/mol. The van der Waals surface area contributed by atoms with Gasteiger partial charge in [-0.3, -0.25) is 14.4 Å². The van der Waals surface area contributed by atoms with Gasteiger partial charge in [0.2, 0.25) is 11.8 Å². The van der Waals surface area contributed by atoms with E-state index in [1.54, 1.807) is 4.90 Å². The molecular weight excluding hydrogens is 669 g/mol. The number of halogens is 4. The summed E-state index contributed by atoms with van der Waals surface area (Å²) in [4.78, 5) is 54.9. The molecule has 0 bridgehead atoms. The van der Waals surface area contributed by atoms with Gasteiger partial charge in [-0.1, -0.05) is 11.6 Å². The molecule has 2 fully saturated rings. The Hall–Kier alpha value is -5.03. The molecule has 0 atom stereocenters. The lowest BCUT2D eigenvalue weighted by Gasteiger charge is -2.37. The van der Waals surface area contributed by atoms with Crippen LogP contribution in [0.1, 0.15) is 39.5 Å². The Morgan fingerprint density at radius 1 is 1.04 bits per heavy atom. The molecule has 1 aromatic carbocycles. The topological polar surface area (TPSA) is 152 Å². The van der Waals surface area contributed by atoms with Gasteiger partial charge in [0.1, 0.15) is 0 Å². The Kier molecular flexibility index (Phi) is 9.56. The van der Waals surface area contributed by atoms with E-state index in [1.807, 2.05) is 4.90 Å². The highest BCUT2D eigenvalue weighted by Crippen LogP contribution is 2.37. The number of nitrogens with zero attached hydrogens (tertiary/aromatic N) is 8. The molecule has 0 spiro atoms. The lowest BCUT2D eigenvalue weighted by atomic mass is 9.96. The second-order valence-electron chi connectivity index (χ2n) is 11.5. The summed E-state index contributed by atoms with van der Waals surface area (Å²) in [5.41, 5.74) is -1.14. The van der Waals surface area contributed by atoms with Crippen molar-refractivity contribution in [3.05, 3.63) is 65.0 Å². The SMILES string of the molecule is COc1ccnc(-n2cc(-c3cnc(C(=O)Nc4ccc(C(=O)N5CCN(C(=O)C6CCNCC6)CC5)c(Cl)c4)n3C)c(C(F)(F)F)n2)n1. The third-order valence-corrected chi connectivity index (χ3v) is 8.82. The van der Waals surface area contributed by atoms with E-state index in [-0.39, 0.29) is 62.9 Å². The van der Waals surface area contributed by atoms with Crippen LogP contribution in [0.4, 0.5) is 18.9 Å². The van der Waals surface area contributed by atoms with E-state index < -0.39 is 17.8 Å². The summed E-state index contributed by atoms with van der Waals surface area (Å²) in [7, 11) is 2.75. The average Bonchev–Trinajstić information content (AvgIpc) is 3.72. The van der Waals surface area contributed by atoms with Crippen LogP contribution >= 0.6 is 11.6 Å². The van der Waals surface area contributed by atoms with Crippen LogP contribution in [0.3, 0.4) is 0 Å². The molecule has 6 rings (SSSR count). The van der Waals surface area contributed by atoms with Gasteiger partial charge in [-0.2, -0.15) is 23.3 Å². The van der Waals surface area contributed by atoms with Gasteiger partial charge in [-0.15, -0.1) is 0 Å². The zero-order valence-corrected chi connectivity index (χ0v) is 27.3. The van der Waals surface area contributed by atoms with Crippen molar-refractivity contribution in [2.75, 3.05) is 51.7 Å². The van der Waals surface area contributed by atoms with Crippen LogP contribution in [0.2, 0.25) is 5.02 Å². The van der Waals surface area contributed by atoms with Crippen LogP contribution in [0.25, 0.3) is 17.2 Å². The number of imidazole rings is 1. The maximum absolute atomic E-state index is 14.1. The Morgan fingerprint density at radius 2 is 1.76 bits per heavy atom. The number of ether oxygens (including phenoxy) is 1. The number of rotatable bonds is 7. The molecule has 3 amide bonds. The number of hydrogen-bond donors (Lipinski definition) is 2. The molecule has 2 N–H and O–H groups in total. The number of methoxy groups -OCH3 is 1. The third kappa shape index (κ3) is 7.07. The lowest BCUT2D eigenvalue weighted by Crippen LogP contribution is -2.52. The van der Waals surface area contributed by atoms with Crippen LogP contribution in [0.5, 0.6) is 5.88 Å². The predicted molar refractivity (Wildman–Crippen MR) is 170 cm³/mol. The van der Waals surface area contributed by atoms with Crippen LogP contribution in [-0.2, 0) is 18.0 Å². The van der Waals surface area contributed by atoms with Crippen LogP contribution in [0.15, 0.2) is 42.9 Å². The summed E-state index contributed by atoms with van der Waals surface area (Å²) < 4.78 is 49.3. The van der Waals surface area contributed by atoms with Gasteiger partial charge < -0.3 is 29.7 Å². The van der Waals surface area contributed by atoms with E-state index in [0.29, 0.717) is 26.2 Å². The quantitative estimate of drug-likeness (QED) is 0.296. The molecule has 2 aliphatic heterocycles. The molecule has 5 heterocycles. The van der Waals surface area contributed by atoms with E-state index in [9.17, 15) is 27.6 Å². The third-order valence-electron chi connectivity index (χ3n) is 8.51. The van der Waals surface area contributed by atoms with E-state index >= 15 is 0 Å². The number of carbonyl (C=O) groups is 3. The number of piperazine rings is 1. The number of hydrogen-bond acceptors (Lipinski definition) is 9. The van der Waals surface area contributed by atoms with Crippen molar-refractivity contribution in [1.82, 2.24) is 44.4 Å². The van der Waals surface area contributed by atoms with Gasteiger partial charge in [-0.05, 0) is 44.1 Å². The van der Waals surface area contributed by atoms with Gasteiger partial charge in [0.25, 0.3) is 17.8 Å². The Balaban J connectivity index is 1.14. The molecule has 49 heavy (non-hydrogen) atoms. The molecule has 0 aliphatic carbocycles. The van der Waals surface area contributed by atoms with Gasteiger partial charge in [-0.25, -0.2) is 14.6 Å². The molecular formula is C31H32ClF3N10O4. The highest BCUT2D eigenvalue weighted by atomic mass is 35.5. The molecule has 4 aromatic rings. The zero-order valence-electron chi connectivity index (χ0n) is 26.5. The Morgan fingerprint density at radius 3 is 2.43 bits per heavy atom. The molecule has 3 aromatic heterocycles. The minimum Gasteiger partial charge on any atom is -0.481 e. The van der Waals surface area contributed by atoms with Crippen molar-refractivity contribution in [3.63, 3.8) is 0 Å². The van der Waals surface area contributed by atoms with E-state index in [2.05, 4.69) is 30.7 Å². The van der Waals surface area contributed by atoms with Crippen molar-refractivity contribution < 1.29 is 32.3 Å². The summed E-state index contributed by atoms with van der Waals surface area (Å²) in [6.07, 6.45) is 0.314. The van der Waals surface area contributed by atoms with E-state index in [1.165, 1.54) is 49.2 Å². The number of amides is 3. The number of carbonyl (C=O) groups excluding carboxylic acids is 3. The monoisotopic (exact) mass is 700 g/mol. The fourth-order valence-electron chi connectivity index (χ4n) is 5.88. The first-order chi connectivity index (χ1) is 23.4. The maximum atomic E-state index is 14.1. The van der Waals surface area contributed by atoms with Crippen molar-refractivity contribution >= 4 is 35.0 Å². The van der Waals surface area contributed by atoms with E-state index in [0.717, 1.165) is 43.0 Å². The molecule has 258 valence electrons. The van der Waals surface area contributed by atoms with Gasteiger partial charge >= 0.3 is 6.18 Å². The zero-order chi connectivity index (χ0) is 34.9. The minimum atomic E-state index is -4.85. The summed E-state index contributed by atoms with van der Waals surface area (Å²) in [5, 5.41) is 9.65. The highest BCUT2D eigenvalue weighted by Gasteiger charge is 2.39.